The predicted octanol–water partition coefficient (Wildman–Crippen LogP) is 1.35. The molecule has 2 fully saturated rings. The van der Waals surface area contributed by atoms with Crippen molar-refractivity contribution in [3.63, 3.8) is 0 Å². The monoisotopic (exact) mass is 292 g/mol. The molecule has 1 aromatic heterocycles. The van der Waals surface area contributed by atoms with Crippen LogP contribution >= 0.6 is 0 Å². The van der Waals surface area contributed by atoms with Gasteiger partial charge in [0, 0.05) is 25.7 Å². The second kappa shape index (κ2) is 6.43. The van der Waals surface area contributed by atoms with E-state index in [9.17, 15) is 0 Å². The molecule has 0 radical (unpaired) electrons. The van der Waals surface area contributed by atoms with Gasteiger partial charge in [-0.25, -0.2) is 0 Å². The van der Waals surface area contributed by atoms with Crippen LogP contribution in [0.3, 0.4) is 0 Å². The molecule has 0 amide bonds. The molecule has 0 aliphatic carbocycles. The zero-order valence-corrected chi connectivity index (χ0v) is 12.8. The van der Waals surface area contributed by atoms with Crippen LogP contribution in [0, 0.1) is 0 Å². The number of fused-ring (bicyclic) bond motifs is 1. The summed E-state index contributed by atoms with van der Waals surface area (Å²) < 4.78 is 5.41. The van der Waals surface area contributed by atoms with Crippen LogP contribution in [-0.2, 0) is 0 Å². The fraction of sp³-hybridized carbons (Fsp3) is 0.786. The van der Waals surface area contributed by atoms with Crippen LogP contribution in [-0.4, -0.2) is 58.7 Å². The number of piperidine rings is 1. The number of aromatic nitrogens is 3. The van der Waals surface area contributed by atoms with Crippen LogP contribution in [0.5, 0.6) is 6.01 Å². The average Bonchev–Trinajstić information content (AvgIpc) is 2.91. The normalized spacial score (nSPS) is 25.4. The van der Waals surface area contributed by atoms with Crippen molar-refractivity contribution in [3.05, 3.63) is 0 Å². The molecule has 0 saturated carbocycles. The molecule has 2 aliphatic rings. The number of nitrogens with one attached hydrogen (secondary N) is 2. The molecule has 0 bridgehead atoms. The maximum Gasteiger partial charge on any atom is 0.323 e. The molecule has 7 heteroatoms. The second-order valence-electron chi connectivity index (χ2n) is 5.59. The molecule has 116 valence electrons. The summed E-state index contributed by atoms with van der Waals surface area (Å²) in [5, 5.41) is 6.44. The van der Waals surface area contributed by atoms with Gasteiger partial charge in [0.1, 0.15) is 0 Å². The second-order valence-corrected chi connectivity index (χ2v) is 5.59. The van der Waals surface area contributed by atoms with Gasteiger partial charge in [0.25, 0.3) is 0 Å². The van der Waals surface area contributed by atoms with Crippen LogP contribution < -0.4 is 15.4 Å². The summed E-state index contributed by atoms with van der Waals surface area (Å²) in [6.45, 7) is 4.87. The SMILES string of the molecule is CCOc1nc(NC)nc(NC2CCN3CCCCC23)n1. The van der Waals surface area contributed by atoms with Gasteiger partial charge in [0.2, 0.25) is 11.9 Å². The van der Waals surface area contributed by atoms with E-state index < -0.39 is 0 Å². The van der Waals surface area contributed by atoms with Crippen molar-refractivity contribution in [1.29, 1.82) is 0 Å². The van der Waals surface area contributed by atoms with Crippen molar-refractivity contribution < 1.29 is 4.74 Å². The highest BCUT2D eigenvalue weighted by Crippen LogP contribution is 2.29. The van der Waals surface area contributed by atoms with Gasteiger partial charge in [-0.1, -0.05) is 6.42 Å². The van der Waals surface area contributed by atoms with E-state index in [1.54, 1.807) is 7.05 Å². The Kier molecular flexibility index (Phi) is 4.38. The molecule has 1 aromatic rings. The first-order valence-electron chi connectivity index (χ1n) is 7.87. The Morgan fingerprint density at radius 2 is 2.00 bits per heavy atom. The number of hydrogen-bond donors (Lipinski definition) is 2. The summed E-state index contributed by atoms with van der Waals surface area (Å²) in [5.41, 5.74) is 0. The molecule has 3 rings (SSSR count). The fourth-order valence-corrected chi connectivity index (χ4v) is 3.31. The molecule has 3 heterocycles. The zero-order chi connectivity index (χ0) is 14.7. The van der Waals surface area contributed by atoms with Gasteiger partial charge in [0.05, 0.1) is 6.61 Å². The highest BCUT2D eigenvalue weighted by molar-refractivity contribution is 5.36. The van der Waals surface area contributed by atoms with Crippen molar-refractivity contribution in [2.24, 2.45) is 0 Å². The van der Waals surface area contributed by atoms with Gasteiger partial charge >= 0.3 is 6.01 Å². The van der Waals surface area contributed by atoms with Crippen LogP contribution in [0.25, 0.3) is 0 Å². The smallest absolute Gasteiger partial charge is 0.323 e. The quantitative estimate of drug-likeness (QED) is 0.848. The number of hydrogen-bond acceptors (Lipinski definition) is 7. The first-order valence-corrected chi connectivity index (χ1v) is 7.87. The van der Waals surface area contributed by atoms with E-state index in [1.165, 1.54) is 32.4 Å². The molecule has 0 aromatic carbocycles. The van der Waals surface area contributed by atoms with E-state index in [2.05, 4.69) is 30.5 Å². The highest BCUT2D eigenvalue weighted by Gasteiger charge is 2.35. The van der Waals surface area contributed by atoms with Crippen molar-refractivity contribution in [3.8, 4) is 6.01 Å². The van der Waals surface area contributed by atoms with Gasteiger partial charge in [0.15, 0.2) is 0 Å². The van der Waals surface area contributed by atoms with Crippen molar-refractivity contribution in [1.82, 2.24) is 19.9 Å². The highest BCUT2D eigenvalue weighted by atomic mass is 16.5. The van der Waals surface area contributed by atoms with Crippen LogP contribution in [0.15, 0.2) is 0 Å². The van der Waals surface area contributed by atoms with Crippen molar-refractivity contribution in [2.75, 3.05) is 37.4 Å². The average molecular weight is 292 g/mol. The van der Waals surface area contributed by atoms with Gasteiger partial charge in [-0.15, -0.1) is 0 Å². The number of anilines is 2. The summed E-state index contributed by atoms with van der Waals surface area (Å²) >= 11 is 0. The van der Waals surface area contributed by atoms with Gasteiger partial charge in [-0.2, -0.15) is 15.0 Å². The summed E-state index contributed by atoms with van der Waals surface area (Å²) in [4.78, 5) is 15.5. The third-order valence-corrected chi connectivity index (χ3v) is 4.28. The first kappa shape index (κ1) is 14.3. The Balaban J connectivity index is 1.73. The molecule has 2 aliphatic heterocycles. The number of rotatable bonds is 5. The molecule has 2 unspecified atom stereocenters. The standard InChI is InChI=1S/C14H24N6O/c1-3-21-14-18-12(15-2)17-13(19-14)16-10-7-9-20-8-5-4-6-11(10)20/h10-11H,3-9H2,1-2H3,(H2,15,16,17,18,19). The lowest BCUT2D eigenvalue weighted by Crippen LogP contribution is -2.42. The van der Waals surface area contributed by atoms with E-state index in [4.69, 9.17) is 4.74 Å². The summed E-state index contributed by atoms with van der Waals surface area (Å²) in [7, 11) is 1.80. The van der Waals surface area contributed by atoms with Gasteiger partial charge in [-0.3, -0.25) is 4.90 Å². The molecule has 0 spiro atoms. The Hall–Kier alpha value is -1.63. The minimum absolute atomic E-state index is 0.373. The Morgan fingerprint density at radius 3 is 2.81 bits per heavy atom. The third-order valence-electron chi connectivity index (χ3n) is 4.28. The molecule has 21 heavy (non-hydrogen) atoms. The zero-order valence-electron chi connectivity index (χ0n) is 12.8. The minimum atomic E-state index is 0.373. The van der Waals surface area contributed by atoms with Crippen molar-refractivity contribution in [2.45, 2.75) is 44.7 Å². The minimum Gasteiger partial charge on any atom is -0.464 e. The topological polar surface area (TPSA) is 75.2 Å². The maximum absolute atomic E-state index is 5.41. The number of nitrogens with zero attached hydrogens (tertiary/aromatic N) is 4. The lowest BCUT2D eigenvalue weighted by molar-refractivity contribution is 0.192. The summed E-state index contributed by atoms with van der Waals surface area (Å²) in [5.74, 6) is 1.14. The van der Waals surface area contributed by atoms with Crippen LogP contribution in [0.4, 0.5) is 11.9 Å². The molecule has 2 saturated heterocycles. The van der Waals surface area contributed by atoms with Crippen LogP contribution in [0.1, 0.15) is 32.6 Å². The maximum atomic E-state index is 5.41. The molecule has 7 nitrogen and oxygen atoms in total. The summed E-state index contributed by atoms with van der Waals surface area (Å²) in [6, 6.07) is 1.41. The predicted molar refractivity (Wildman–Crippen MR) is 81.8 cm³/mol. The van der Waals surface area contributed by atoms with Crippen molar-refractivity contribution >= 4 is 11.9 Å². The Labute approximate surface area is 125 Å². The van der Waals surface area contributed by atoms with E-state index in [1.807, 2.05) is 6.92 Å². The van der Waals surface area contributed by atoms with Gasteiger partial charge in [-0.05, 0) is 32.7 Å². The van der Waals surface area contributed by atoms with Crippen LogP contribution in [0.2, 0.25) is 0 Å². The number of ether oxygens (including phenoxy) is 1. The largest absolute Gasteiger partial charge is 0.464 e. The van der Waals surface area contributed by atoms with E-state index in [-0.39, 0.29) is 0 Å². The Morgan fingerprint density at radius 1 is 1.14 bits per heavy atom. The lowest BCUT2D eigenvalue weighted by atomic mass is 9.99. The fourth-order valence-electron chi connectivity index (χ4n) is 3.31. The molecular formula is C14H24N6O. The lowest BCUT2D eigenvalue weighted by Gasteiger charge is -2.32. The summed E-state index contributed by atoms with van der Waals surface area (Å²) in [6.07, 6.45) is 5.06. The van der Waals surface area contributed by atoms with E-state index >= 15 is 0 Å². The first-order chi connectivity index (χ1) is 10.3. The van der Waals surface area contributed by atoms with E-state index in [0.29, 0.717) is 36.6 Å². The van der Waals surface area contributed by atoms with Gasteiger partial charge < -0.3 is 15.4 Å². The Bertz CT molecular complexity index is 483. The third kappa shape index (κ3) is 3.18. The molecular weight excluding hydrogens is 268 g/mol. The molecule has 2 atom stereocenters. The molecule has 2 N–H and O–H groups in total. The van der Waals surface area contributed by atoms with E-state index in [0.717, 1.165) is 6.42 Å².